The molecule has 1 aliphatic heterocycles. The molecule has 2 N–H and O–H groups in total. The van der Waals surface area contributed by atoms with Crippen LogP contribution in [0, 0.1) is 0 Å². The number of aromatic nitrogens is 2. The van der Waals surface area contributed by atoms with Crippen molar-refractivity contribution in [2.24, 2.45) is 0 Å². The van der Waals surface area contributed by atoms with Crippen LogP contribution < -0.4 is 11.2 Å². The van der Waals surface area contributed by atoms with Crippen LogP contribution in [-0.4, -0.2) is 33.7 Å². The van der Waals surface area contributed by atoms with Crippen LogP contribution in [0.1, 0.15) is 13.3 Å². The van der Waals surface area contributed by atoms with Crippen LogP contribution in [0.2, 0.25) is 0 Å². The van der Waals surface area contributed by atoms with E-state index >= 15 is 0 Å². The maximum absolute atomic E-state index is 13.8. The molecule has 0 bridgehead atoms. The third kappa shape index (κ3) is 2.03. The van der Waals surface area contributed by atoms with Gasteiger partial charge in [-0.05, 0) is 6.92 Å². The van der Waals surface area contributed by atoms with Gasteiger partial charge in [0.1, 0.15) is 6.61 Å². The molecule has 1 aromatic heterocycles. The summed E-state index contributed by atoms with van der Waals surface area (Å²) in [6.07, 6.45) is 1.15. The van der Waals surface area contributed by atoms with Gasteiger partial charge >= 0.3 is 5.69 Å². The molecule has 2 unspecified atom stereocenters. The molecule has 0 radical (unpaired) electrons. The fourth-order valence-electron chi connectivity index (χ4n) is 2.05. The molecule has 1 saturated heterocycles. The van der Waals surface area contributed by atoms with Crippen molar-refractivity contribution >= 4 is 0 Å². The van der Waals surface area contributed by atoms with Crippen molar-refractivity contribution in [3.8, 4) is 0 Å². The van der Waals surface area contributed by atoms with E-state index in [1.807, 2.05) is 0 Å². The van der Waals surface area contributed by atoms with Gasteiger partial charge in [-0.1, -0.05) is 0 Å². The number of hydrogen-bond acceptors (Lipinski definition) is 4. The summed E-state index contributed by atoms with van der Waals surface area (Å²) in [5.41, 5.74) is -2.05. The molecule has 1 aliphatic rings. The first-order valence-electron chi connectivity index (χ1n) is 5.15. The van der Waals surface area contributed by atoms with Crippen LogP contribution >= 0.6 is 0 Å². The first-order chi connectivity index (χ1) is 7.88. The van der Waals surface area contributed by atoms with Gasteiger partial charge in [-0.2, -0.15) is 0 Å². The number of halogens is 1. The van der Waals surface area contributed by atoms with Crippen molar-refractivity contribution in [2.45, 2.75) is 24.7 Å². The standard InChI is InChI=1S/C10H13FN2O4/c1-9(4-10(11,5-14)17-6-9)13-3-2-7(15)12-8(13)16/h2-3,14H,4-6H2,1H3,(H,12,15,16). The van der Waals surface area contributed by atoms with Crippen molar-refractivity contribution in [2.75, 3.05) is 13.2 Å². The van der Waals surface area contributed by atoms with Gasteiger partial charge in [-0.15, -0.1) is 0 Å². The zero-order valence-corrected chi connectivity index (χ0v) is 9.27. The Morgan fingerprint density at radius 3 is 2.88 bits per heavy atom. The molecule has 0 amide bonds. The summed E-state index contributed by atoms with van der Waals surface area (Å²) in [6.45, 7) is 0.820. The fourth-order valence-corrected chi connectivity index (χ4v) is 2.05. The minimum Gasteiger partial charge on any atom is -0.390 e. The monoisotopic (exact) mass is 244 g/mol. The molecule has 2 rings (SSSR count). The Morgan fingerprint density at radius 2 is 2.35 bits per heavy atom. The molecule has 17 heavy (non-hydrogen) atoms. The van der Waals surface area contributed by atoms with E-state index < -0.39 is 29.2 Å². The summed E-state index contributed by atoms with van der Waals surface area (Å²) in [6, 6.07) is 1.18. The number of aromatic amines is 1. The smallest absolute Gasteiger partial charge is 0.328 e. The molecule has 6 nitrogen and oxygen atoms in total. The molecular formula is C10H13FN2O4. The maximum atomic E-state index is 13.8. The Morgan fingerprint density at radius 1 is 1.65 bits per heavy atom. The molecule has 0 aliphatic carbocycles. The highest BCUT2D eigenvalue weighted by molar-refractivity contribution is 4.98. The van der Waals surface area contributed by atoms with Gasteiger partial charge in [0.15, 0.2) is 0 Å². The minimum atomic E-state index is -2.13. The second kappa shape index (κ2) is 3.78. The quantitative estimate of drug-likeness (QED) is 0.722. The summed E-state index contributed by atoms with van der Waals surface area (Å²) >= 11 is 0. The first-order valence-corrected chi connectivity index (χ1v) is 5.15. The number of hydrogen-bond donors (Lipinski definition) is 2. The lowest BCUT2D eigenvalue weighted by molar-refractivity contribution is -0.135. The summed E-state index contributed by atoms with van der Waals surface area (Å²) in [7, 11) is 0. The van der Waals surface area contributed by atoms with E-state index in [0.29, 0.717) is 0 Å². The average Bonchev–Trinajstić information content (AvgIpc) is 2.57. The van der Waals surface area contributed by atoms with Crippen LogP contribution in [0.3, 0.4) is 0 Å². The van der Waals surface area contributed by atoms with Gasteiger partial charge < -0.3 is 9.84 Å². The number of nitrogens with zero attached hydrogens (tertiary/aromatic N) is 1. The molecule has 94 valence electrons. The number of rotatable bonds is 2. The predicted octanol–water partition coefficient (Wildman–Crippen LogP) is -0.670. The topological polar surface area (TPSA) is 84.3 Å². The molecule has 1 fully saturated rings. The molecular weight excluding hydrogens is 231 g/mol. The molecule has 7 heteroatoms. The van der Waals surface area contributed by atoms with Gasteiger partial charge in [0.25, 0.3) is 5.56 Å². The second-order valence-electron chi connectivity index (χ2n) is 4.48. The third-order valence-corrected chi connectivity index (χ3v) is 2.93. The number of nitrogens with one attached hydrogen (secondary N) is 1. The zero-order valence-electron chi connectivity index (χ0n) is 9.27. The van der Waals surface area contributed by atoms with E-state index in [9.17, 15) is 14.0 Å². The Bertz CT molecular complexity index is 540. The molecule has 2 heterocycles. The van der Waals surface area contributed by atoms with Crippen molar-refractivity contribution in [3.05, 3.63) is 33.1 Å². The first kappa shape index (κ1) is 12.0. The van der Waals surface area contributed by atoms with Crippen LogP contribution in [-0.2, 0) is 10.3 Å². The van der Waals surface area contributed by atoms with Gasteiger partial charge in [0.2, 0.25) is 5.85 Å². The molecule has 2 atom stereocenters. The Labute approximate surface area is 95.7 Å². The van der Waals surface area contributed by atoms with E-state index in [-0.39, 0.29) is 13.0 Å². The number of alkyl halides is 1. The fraction of sp³-hybridized carbons (Fsp3) is 0.600. The van der Waals surface area contributed by atoms with Crippen molar-refractivity contribution in [3.63, 3.8) is 0 Å². The van der Waals surface area contributed by atoms with E-state index in [1.165, 1.54) is 16.8 Å². The minimum absolute atomic E-state index is 0.0456. The summed E-state index contributed by atoms with van der Waals surface area (Å²) in [5.74, 6) is -2.13. The van der Waals surface area contributed by atoms with Crippen LogP contribution in [0.5, 0.6) is 0 Å². The van der Waals surface area contributed by atoms with E-state index in [0.717, 1.165) is 0 Å². The van der Waals surface area contributed by atoms with Crippen molar-refractivity contribution in [1.29, 1.82) is 0 Å². The Hall–Kier alpha value is -1.47. The highest BCUT2D eigenvalue weighted by Crippen LogP contribution is 2.37. The predicted molar refractivity (Wildman–Crippen MR) is 56.5 cm³/mol. The van der Waals surface area contributed by atoms with E-state index in [4.69, 9.17) is 9.84 Å². The lowest BCUT2D eigenvalue weighted by atomic mass is 9.97. The zero-order chi connectivity index (χ0) is 12.7. The van der Waals surface area contributed by atoms with Gasteiger partial charge in [-0.25, -0.2) is 9.18 Å². The highest BCUT2D eigenvalue weighted by Gasteiger charge is 2.48. The second-order valence-corrected chi connectivity index (χ2v) is 4.48. The van der Waals surface area contributed by atoms with Crippen LogP contribution in [0.15, 0.2) is 21.9 Å². The number of ether oxygens (including phenoxy) is 1. The lowest BCUT2D eigenvalue weighted by Gasteiger charge is -2.25. The molecule has 1 aromatic rings. The number of aliphatic hydroxyl groups is 1. The molecule has 0 spiro atoms. The third-order valence-electron chi connectivity index (χ3n) is 2.93. The summed E-state index contributed by atoms with van der Waals surface area (Å²) in [4.78, 5) is 24.6. The van der Waals surface area contributed by atoms with Crippen molar-refractivity contribution in [1.82, 2.24) is 9.55 Å². The summed E-state index contributed by atoms with van der Waals surface area (Å²) in [5, 5.41) is 8.87. The number of H-pyrrole nitrogens is 1. The van der Waals surface area contributed by atoms with E-state index in [2.05, 4.69) is 4.98 Å². The maximum Gasteiger partial charge on any atom is 0.328 e. The average molecular weight is 244 g/mol. The van der Waals surface area contributed by atoms with Gasteiger partial charge in [0, 0.05) is 18.7 Å². The Balaban J connectivity index is 2.41. The van der Waals surface area contributed by atoms with Gasteiger partial charge in [-0.3, -0.25) is 14.3 Å². The van der Waals surface area contributed by atoms with E-state index in [1.54, 1.807) is 6.92 Å². The lowest BCUT2D eigenvalue weighted by Crippen LogP contribution is -2.43. The van der Waals surface area contributed by atoms with Crippen LogP contribution in [0.25, 0.3) is 0 Å². The van der Waals surface area contributed by atoms with Crippen molar-refractivity contribution < 1.29 is 14.2 Å². The normalized spacial score (nSPS) is 32.9. The summed E-state index contributed by atoms with van der Waals surface area (Å²) < 4.78 is 19.9. The molecule has 0 aromatic carbocycles. The SMILES string of the molecule is CC1(n2ccc(=O)[nH]c2=O)COC(F)(CO)C1. The number of aliphatic hydroxyl groups excluding tert-OH is 1. The highest BCUT2D eigenvalue weighted by atomic mass is 19.2. The largest absolute Gasteiger partial charge is 0.390 e. The molecule has 0 saturated carbocycles. The Kier molecular flexibility index (Phi) is 2.67. The van der Waals surface area contributed by atoms with Gasteiger partial charge in [0.05, 0.1) is 12.1 Å². The van der Waals surface area contributed by atoms with Crippen LogP contribution in [0.4, 0.5) is 4.39 Å².